The highest BCUT2D eigenvalue weighted by Crippen LogP contribution is 2.44. The number of anilines is 3. The van der Waals surface area contributed by atoms with Crippen LogP contribution in [0.1, 0.15) is 0 Å². The maximum Gasteiger partial charge on any atom is 0.0553 e. The predicted octanol–water partition coefficient (Wildman–Crippen LogP) is 11.7. The lowest BCUT2D eigenvalue weighted by molar-refractivity contribution is 1.18. The van der Waals surface area contributed by atoms with Crippen molar-refractivity contribution < 1.29 is 0 Å². The molecule has 1 aromatic heterocycles. The Hall–Kier alpha value is -5.31. The highest BCUT2D eigenvalue weighted by Gasteiger charge is 2.19. The van der Waals surface area contributed by atoms with E-state index in [0.717, 1.165) is 33.9 Å². The predicted molar refractivity (Wildman–Crippen MR) is 183 cm³/mol. The first-order valence-corrected chi connectivity index (χ1v) is 14.9. The maximum absolute atomic E-state index is 6.95. The molecule has 0 aliphatic heterocycles. The molecule has 43 heavy (non-hydrogen) atoms. The molecule has 0 aliphatic rings. The Morgan fingerprint density at radius 2 is 1.00 bits per heavy atom. The normalized spacial score (nSPS) is 11.4. The zero-order chi connectivity index (χ0) is 28.8. The van der Waals surface area contributed by atoms with Crippen LogP contribution in [0.2, 0.25) is 5.02 Å². The second-order valence-electron chi connectivity index (χ2n) is 10.8. The summed E-state index contributed by atoms with van der Waals surface area (Å²) in [5, 5.41) is 5.62. The van der Waals surface area contributed by atoms with Gasteiger partial charge in [0, 0.05) is 38.5 Å². The number of aromatic nitrogens is 1. The van der Waals surface area contributed by atoms with Crippen LogP contribution in [-0.2, 0) is 0 Å². The smallest absolute Gasteiger partial charge is 0.0553 e. The second kappa shape index (κ2) is 10.5. The van der Waals surface area contributed by atoms with Gasteiger partial charge in [-0.1, -0.05) is 109 Å². The SMILES string of the molecule is Clc1cc(-c2cc3c(c4ccccc24)c2ccccc2n3-c2ccccc2)cc(N(c2ccccc2)c2ccccc2)c1. The van der Waals surface area contributed by atoms with Gasteiger partial charge in [-0.25, -0.2) is 0 Å². The summed E-state index contributed by atoms with van der Waals surface area (Å²) in [5.74, 6) is 0. The summed E-state index contributed by atoms with van der Waals surface area (Å²) >= 11 is 6.95. The first-order chi connectivity index (χ1) is 21.3. The van der Waals surface area contributed by atoms with Crippen LogP contribution < -0.4 is 4.90 Å². The Morgan fingerprint density at radius 1 is 0.442 bits per heavy atom. The Kier molecular flexibility index (Phi) is 6.21. The number of fused-ring (bicyclic) bond motifs is 5. The van der Waals surface area contributed by atoms with Crippen molar-refractivity contribution in [1.82, 2.24) is 4.57 Å². The van der Waals surface area contributed by atoms with Gasteiger partial charge in [-0.2, -0.15) is 0 Å². The molecule has 3 heteroatoms. The first kappa shape index (κ1) is 25.4. The molecular formula is C40H27ClN2. The van der Waals surface area contributed by atoms with E-state index >= 15 is 0 Å². The number of hydrogen-bond acceptors (Lipinski definition) is 1. The zero-order valence-corrected chi connectivity index (χ0v) is 24.1. The van der Waals surface area contributed by atoms with Gasteiger partial charge < -0.3 is 9.47 Å². The van der Waals surface area contributed by atoms with E-state index in [9.17, 15) is 0 Å². The van der Waals surface area contributed by atoms with Crippen molar-refractivity contribution in [1.29, 1.82) is 0 Å². The summed E-state index contributed by atoms with van der Waals surface area (Å²) in [6.45, 7) is 0. The number of para-hydroxylation sites is 4. The molecule has 0 saturated heterocycles. The fourth-order valence-electron chi connectivity index (χ4n) is 6.38. The van der Waals surface area contributed by atoms with Gasteiger partial charge in [0.15, 0.2) is 0 Å². The van der Waals surface area contributed by atoms with E-state index < -0.39 is 0 Å². The van der Waals surface area contributed by atoms with Crippen molar-refractivity contribution in [2.75, 3.05) is 4.90 Å². The van der Waals surface area contributed by atoms with E-state index in [1.54, 1.807) is 0 Å². The van der Waals surface area contributed by atoms with Crippen LogP contribution >= 0.6 is 11.6 Å². The van der Waals surface area contributed by atoms with Crippen molar-refractivity contribution in [3.05, 3.63) is 169 Å². The van der Waals surface area contributed by atoms with E-state index in [1.165, 1.54) is 32.6 Å². The number of halogens is 1. The fourth-order valence-corrected chi connectivity index (χ4v) is 6.61. The van der Waals surface area contributed by atoms with Crippen LogP contribution in [0.3, 0.4) is 0 Å². The molecule has 0 spiro atoms. The van der Waals surface area contributed by atoms with Gasteiger partial charge in [0.05, 0.1) is 11.0 Å². The van der Waals surface area contributed by atoms with Crippen LogP contribution in [0.15, 0.2) is 164 Å². The van der Waals surface area contributed by atoms with E-state index in [2.05, 4.69) is 155 Å². The third-order valence-corrected chi connectivity index (χ3v) is 8.39. The summed E-state index contributed by atoms with van der Waals surface area (Å²) in [6, 6.07) is 57.7. The van der Waals surface area contributed by atoms with Gasteiger partial charge >= 0.3 is 0 Å². The van der Waals surface area contributed by atoms with Gasteiger partial charge in [-0.3, -0.25) is 0 Å². The monoisotopic (exact) mass is 570 g/mol. The summed E-state index contributed by atoms with van der Waals surface area (Å²) in [4.78, 5) is 2.26. The van der Waals surface area contributed by atoms with Gasteiger partial charge in [0.2, 0.25) is 0 Å². The van der Waals surface area contributed by atoms with Gasteiger partial charge in [-0.05, 0) is 88.6 Å². The van der Waals surface area contributed by atoms with E-state index in [-0.39, 0.29) is 0 Å². The number of benzene rings is 7. The third-order valence-electron chi connectivity index (χ3n) is 8.17. The number of hydrogen-bond donors (Lipinski definition) is 0. The standard InChI is InChI=1S/C40H27ClN2/c41-29-24-28(25-33(26-29)42(30-14-4-1-5-15-30)31-16-6-2-7-17-31)37-27-39-40(35-21-11-10-20-34(35)37)36-22-12-13-23-38(36)43(39)32-18-8-3-9-19-32/h1-27H. The molecule has 2 nitrogen and oxygen atoms in total. The highest BCUT2D eigenvalue weighted by molar-refractivity contribution is 6.31. The Labute approximate surface area is 255 Å². The molecule has 0 bridgehead atoms. The lowest BCUT2D eigenvalue weighted by Gasteiger charge is -2.26. The fraction of sp³-hybridized carbons (Fsp3) is 0. The highest BCUT2D eigenvalue weighted by atomic mass is 35.5. The Bertz CT molecular complexity index is 2200. The van der Waals surface area contributed by atoms with Gasteiger partial charge in [0.25, 0.3) is 0 Å². The first-order valence-electron chi connectivity index (χ1n) is 14.5. The summed E-state index contributed by atoms with van der Waals surface area (Å²) in [6.07, 6.45) is 0. The molecule has 8 rings (SSSR count). The lowest BCUT2D eigenvalue weighted by Crippen LogP contribution is -2.09. The molecule has 0 amide bonds. The molecule has 0 atom stereocenters. The average Bonchev–Trinajstić information content (AvgIpc) is 3.40. The van der Waals surface area contributed by atoms with Crippen LogP contribution in [0.25, 0.3) is 49.4 Å². The quantitative estimate of drug-likeness (QED) is 0.200. The molecule has 8 aromatic rings. The molecule has 204 valence electrons. The van der Waals surface area contributed by atoms with Crippen molar-refractivity contribution in [3.63, 3.8) is 0 Å². The molecular weight excluding hydrogens is 544 g/mol. The molecule has 0 saturated carbocycles. The summed E-state index contributed by atoms with van der Waals surface area (Å²) < 4.78 is 2.38. The van der Waals surface area contributed by atoms with Crippen molar-refractivity contribution >= 4 is 61.2 Å². The zero-order valence-electron chi connectivity index (χ0n) is 23.4. The Balaban J connectivity index is 1.43. The largest absolute Gasteiger partial charge is 0.310 e. The van der Waals surface area contributed by atoms with E-state index in [0.29, 0.717) is 5.02 Å². The van der Waals surface area contributed by atoms with Gasteiger partial charge in [-0.15, -0.1) is 0 Å². The minimum absolute atomic E-state index is 0.692. The molecule has 0 N–H and O–H groups in total. The molecule has 0 unspecified atom stereocenters. The Morgan fingerprint density at radius 3 is 1.67 bits per heavy atom. The molecule has 0 radical (unpaired) electrons. The minimum atomic E-state index is 0.692. The lowest BCUT2D eigenvalue weighted by atomic mass is 9.94. The summed E-state index contributed by atoms with van der Waals surface area (Å²) in [5.41, 5.74) is 8.88. The number of rotatable bonds is 5. The number of nitrogens with zero attached hydrogens (tertiary/aromatic N) is 2. The average molecular weight is 571 g/mol. The maximum atomic E-state index is 6.95. The van der Waals surface area contributed by atoms with Crippen molar-refractivity contribution in [3.8, 4) is 16.8 Å². The summed E-state index contributed by atoms with van der Waals surface area (Å²) in [7, 11) is 0. The van der Waals surface area contributed by atoms with Gasteiger partial charge in [0.1, 0.15) is 0 Å². The van der Waals surface area contributed by atoms with Crippen LogP contribution in [0.4, 0.5) is 17.1 Å². The molecule has 0 fully saturated rings. The topological polar surface area (TPSA) is 8.17 Å². The van der Waals surface area contributed by atoms with E-state index in [4.69, 9.17) is 11.6 Å². The van der Waals surface area contributed by atoms with E-state index in [1.807, 2.05) is 18.2 Å². The van der Waals surface area contributed by atoms with Crippen LogP contribution in [-0.4, -0.2) is 4.57 Å². The van der Waals surface area contributed by atoms with Crippen LogP contribution in [0.5, 0.6) is 0 Å². The van der Waals surface area contributed by atoms with Crippen molar-refractivity contribution in [2.24, 2.45) is 0 Å². The molecule has 0 aliphatic carbocycles. The second-order valence-corrected chi connectivity index (χ2v) is 11.2. The molecule has 7 aromatic carbocycles. The molecule has 1 heterocycles. The van der Waals surface area contributed by atoms with Crippen LogP contribution in [0, 0.1) is 0 Å². The third kappa shape index (κ3) is 4.35. The minimum Gasteiger partial charge on any atom is -0.310 e. The van der Waals surface area contributed by atoms with Crippen molar-refractivity contribution in [2.45, 2.75) is 0 Å².